The summed E-state index contributed by atoms with van der Waals surface area (Å²) in [5, 5.41) is 10.8. The Kier molecular flexibility index (Phi) is 3.14. The second-order valence-corrected chi connectivity index (χ2v) is 4.34. The highest BCUT2D eigenvalue weighted by molar-refractivity contribution is 7.17. The number of carbonyl (C=O) groups is 2. The molecule has 0 saturated carbocycles. The minimum absolute atomic E-state index is 0.102. The molecule has 0 unspecified atom stereocenters. The fourth-order valence-electron chi connectivity index (χ4n) is 1.67. The first kappa shape index (κ1) is 11.7. The van der Waals surface area contributed by atoms with Gasteiger partial charge in [0.1, 0.15) is 0 Å². The molecule has 2 rings (SSSR count). The Balaban J connectivity index is 2.37. The number of nitrogens with zero attached hydrogens (tertiary/aromatic N) is 1. The Bertz CT molecular complexity index is 569. The Morgan fingerprint density at radius 3 is 2.94 bits per heavy atom. The molecule has 2 aromatic heterocycles. The van der Waals surface area contributed by atoms with E-state index in [0.717, 1.165) is 9.27 Å². The summed E-state index contributed by atoms with van der Waals surface area (Å²) in [6, 6.07) is 1.72. The average Bonchev–Trinajstić information content (AvgIpc) is 2.81. The van der Waals surface area contributed by atoms with Gasteiger partial charge in [0.2, 0.25) is 0 Å². The van der Waals surface area contributed by atoms with Crippen molar-refractivity contribution in [3.8, 4) is 0 Å². The van der Waals surface area contributed by atoms with Crippen LogP contribution >= 0.6 is 11.3 Å². The van der Waals surface area contributed by atoms with E-state index in [1.165, 1.54) is 17.5 Å². The van der Waals surface area contributed by atoms with E-state index in [9.17, 15) is 9.59 Å². The van der Waals surface area contributed by atoms with E-state index in [-0.39, 0.29) is 12.4 Å². The minimum Gasteiger partial charge on any atom is -0.466 e. The fraction of sp³-hybridized carbons (Fsp3) is 0.273. The first-order chi connectivity index (χ1) is 8.13. The van der Waals surface area contributed by atoms with Crippen molar-refractivity contribution in [2.45, 2.75) is 13.3 Å². The zero-order chi connectivity index (χ0) is 12.4. The Labute approximate surface area is 101 Å². The highest BCUT2D eigenvalue weighted by Gasteiger charge is 2.16. The number of hydrogen-bond donors (Lipinski definition) is 1. The Morgan fingerprint density at radius 1 is 1.53 bits per heavy atom. The monoisotopic (exact) mass is 253 g/mol. The third-order valence-electron chi connectivity index (χ3n) is 2.33. The highest BCUT2D eigenvalue weighted by Crippen LogP contribution is 2.27. The van der Waals surface area contributed by atoms with Crippen molar-refractivity contribution in [1.29, 1.82) is 0 Å². The zero-order valence-electron chi connectivity index (χ0n) is 9.17. The van der Waals surface area contributed by atoms with Crippen LogP contribution in [-0.2, 0) is 16.0 Å². The smallest absolute Gasteiger partial charge is 0.416 e. The van der Waals surface area contributed by atoms with E-state index in [1.54, 1.807) is 18.4 Å². The lowest BCUT2D eigenvalue weighted by Crippen LogP contribution is -2.08. The standard InChI is InChI=1S/C11H11NO4S/c1-2-16-9(13)5-7-6-12(11(14)15)8-3-4-17-10(7)8/h3-4,6H,2,5H2,1H3,(H,14,15). The van der Waals surface area contributed by atoms with Crippen molar-refractivity contribution in [2.75, 3.05) is 6.61 Å². The van der Waals surface area contributed by atoms with Crippen molar-refractivity contribution < 1.29 is 19.4 Å². The number of esters is 1. The molecule has 5 nitrogen and oxygen atoms in total. The summed E-state index contributed by atoms with van der Waals surface area (Å²) < 4.78 is 6.80. The van der Waals surface area contributed by atoms with Crippen LogP contribution in [0.25, 0.3) is 10.2 Å². The quantitative estimate of drug-likeness (QED) is 0.852. The molecule has 0 saturated heterocycles. The summed E-state index contributed by atoms with van der Waals surface area (Å²) in [7, 11) is 0. The van der Waals surface area contributed by atoms with Crippen LogP contribution in [0.4, 0.5) is 4.79 Å². The first-order valence-electron chi connectivity index (χ1n) is 5.09. The molecule has 0 amide bonds. The van der Waals surface area contributed by atoms with Gasteiger partial charge in [-0.05, 0) is 23.9 Å². The lowest BCUT2D eigenvalue weighted by atomic mass is 10.2. The second kappa shape index (κ2) is 4.58. The van der Waals surface area contributed by atoms with Gasteiger partial charge in [-0.15, -0.1) is 11.3 Å². The van der Waals surface area contributed by atoms with E-state index in [2.05, 4.69) is 0 Å². The maximum Gasteiger partial charge on any atom is 0.416 e. The minimum atomic E-state index is -1.05. The third kappa shape index (κ3) is 2.16. The molecule has 17 heavy (non-hydrogen) atoms. The molecular formula is C11H11NO4S. The van der Waals surface area contributed by atoms with E-state index >= 15 is 0 Å². The number of thiophene rings is 1. The molecule has 0 spiro atoms. The van der Waals surface area contributed by atoms with Gasteiger partial charge in [-0.25, -0.2) is 4.79 Å². The lowest BCUT2D eigenvalue weighted by Gasteiger charge is -1.99. The van der Waals surface area contributed by atoms with Gasteiger partial charge in [0.15, 0.2) is 0 Å². The molecule has 2 heterocycles. The molecule has 1 N–H and O–H groups in total. The van der Waals surface area contributed by atoms with E-state index in [1.807, 2.05) is 0 Å². The number of hydrogen-bond acceptors (Lipinski definition) is 4. The second-order valence-electron chi connectivity index (χ2n) is 3.42. The van der Waals surface area contributed by atoms with Gasteiger partial charge in [0.05, 0.1) is 23.2 Å². The van der Waals surface area contributed by atoms with E-state index in [4.69, 9.17) is 9.84 Å². The average molecular weight is 253 g/mol. The number of fused-ring (bicyclic) bond motifs is 1. The predicted octanol–water partition coefficient (Wildman–Crippen LogP) is 2.33. The maximum atomic E-state index is 11.4. The van der Waals surface area contributed by atoms with Crippen LogP contribution < -0.4 is 0 Å². The van der Waals surface area contributed by atoms with Crippen LogP contribution in [-0.4, -0.2) is 28.3 Å². The fourth-order valence-corrected chi connectivity index (χ4v) is 2.56. The largest absolute Gasteiger partial charge is 0.466 e. The Hall–Kier alpha value is -1.82. The molecule has 0 bridgehead atoms. The number of ether oxygens (including phenoxy) is 1. The summed E-state index contributed by atoms with van der Waals surface area (Å²) in [6.45, 7) is 2.06. The third-order valence-corrected chi connectivity index (χ3v) is 3.31. The molecule has 0 atom stereocenters. The van der Waals surface area contributed by atoms with Gasteiger partial charge in [-0.2, -0.15) is 0 Å². The van der Waals surface area contributed by atoms with Crippen molar-refractivity contribution in [2.24, 2.45) is 0 Å². The lowest BCUT2D eigenvalue weighted by molar-refractivity contribution is -0.142. The van der Waals surface area contributed by atoms with Gasteiger partial charge in [-0.3, -0.25) is 9.36 Å². The van der Waals surface area contributed by atoms with Gasteiger partial charge in [0.25, 0.3) is 0 Å². The molecular weight excluding hydrogens is 242 g/mol. The number of aromatic nitrogens is 1. The molecule has 0 fully saturated rings. The van der Waals surface area contributed by atoms with Crippen LogP contribution in [0.3, 0.4) is 0 Å². The molecule has 0 aliphatic heterocycles. The van der Waals surface area contributed by atoms with Gasteiger partial charge < -0.3 is 9.84 Å². The molecule has 0 aliphatic rings. The first-order valence-corrected chi connectivity index (χ1v) is 5.97. The van der Waals surface area contributed by atoms with Crippen molar-refractivity contribution >= 4 is 33.6 Å². The zero-order valence-corrected chi connectivity index (χ0v) is 9.99. The van der Waals surface area contributed by atoms with E-state index < -0.39 is 6.09 Å². The van der Waals surface area contributed by atoms with Crippen molar-refractivity contribution in [3.63, 3.8) is 0 Å². The summed E-state index contributed by atoms with van der Waals surface area (Å²) >= 11 is 1.42. The van der Waals surface area contributed by atoms with Crippen LogP contribution in [0.2, 0.25) is 0 Å². The van der Waals surface area contributed by atoms with Crippen LogP contribution in [0.15, 0.2) is 17.6 Å². The maximum absolute atomic E-state index is 11.4. The number of carboxylic acid groups (broad SMARTS) is 1. The summed E-state index contributed by atoms with van der Waals surface area (Å²) in [4.78, 5) is 22.4. The number of carbonyl (C=O) groups excluding carboxylic acids is 1. The van der Waals surface area contributed by atoms with Crippen LogP contribution in [0.5, 0.6) is 0 Å². The molecule has 90 valence electrons. The van der Waals surface area contributed by atoms with Crippen molar-refractivity contribution in [1.82, 2.24) is 4.57 Å². The Morgan fingerprint density at radius 2 is 2.29 bits per heavy atom. The topological polar surface area (TPSA) is 68.5 Å². The van der Waals surface area contributed by atoms with E-state index in [0.29, 0.717) is 17.7 Å². The van der Waals surface area contributed by atoms with Crippen molar-refractivity contribution in [3.05, 3.63) is 23.2 Å². The normalized spacial score (nSPS) is 10.6. The predicted molar refractivity (Wildman–Crippen MR) is 63.6 cm³/mol. The van der Waals surface area contributed by atoms with Gasteiger partial charge in [-0.1, -0.05) is 0 Å². The summed E-state index contributed by atoms with van der Waals surface area (Å²) in [5.74, 6) is -0.342. The summed E-state index contributed by atoms with van der Waals surface area (Å²) in [5.41, 5.74) is 1.30. The van der Waals surface area contributed by atoms with Gasteiger partial charge in [0, 0.05) is 6.20 Å². The molecule has 0 radical (unpaired) electrons. The highest BCUT2D eigenvalue weighted by atomic mass is 32.1. The summed E-state index contributed by atoms with van der Waals surface area (Å²) in [6.07, 6.45) is 0.523. The van der Waals surface area contributed by atoms with Crippen LogP contribution in [0.1, 0.15) is 12.5 Å². The molecule has 0 aromatic carbocycles. The molecule has 2 aromatic rings. The van der Waals surface area contributed by atoms with Crippen LogP contribution in [0, 0.1) is 0 Å². The molecule has 0 aliphatic carbocycles. The molecule has 6 heteroatoms. The SMILES string of the molecule is CCOC(=O)Cc1cn(C(=O)O)c2ccsc12. The van der Waals surface area contributed by atoms with Gasteiger partial charge >= 0.3 is 12.1 Å². The number of rotatable bonds is 3.